The number of nitrogen functional groups attached to an aromatic ring is 1. The van der Waals surface area contributed by atoms with Gasteiger partial charge in [-0.2, -0.15) is 4.31 Å². The van der Waals surface area contributed by atoms with Crippen LogP contribution < -0.4 is 22.1 Å². The first kappa shape index (κ1) is 67.0. The van der Waals surface area contributed by atoms with Gasteiger partial charge in [0.15, 0.2) is 22.8 Å². The Hall–Kier alpha value is -4.27. The molecule has 1 saturated heterocycles. The lowest BCUT2D eigenvalue weighted by Crippen LogP contribution is -2.46. The number of nitrogens with zero attached hydrogens (tertiary/aromatic N) is 4. The minimum absolute atomic E-state index is 0.0148. The van der Waals surface area contributed by atoms with Crippen molar-refractivity contribution in [2.24, 2.45) is 11.1 Å². The van der Waals surface area contributed by atoms with E-state index in [1.807, 2.05) is 18.2 Å². The molecule has 15 N–H and O–H groups in total. The van der Waals surface area contributed by atoms with E-state index in [-0.39, 0.29) is 78.8 Å². The standard InChI is InChI=1S/C42H65N8O22P3S2/c1-42(2,23-69-75(66,67)72-74(64,65)68-21-28-35(71-73(61,62)63)34(56)40(70-28)50-25-49-33-37(44)47-24-48-38(33)50)36(57)39(58)46-18-17-30(52)45-19-20-76-32(55)16-11-9-7-5-3-4-6-8-10-14-29(77-22-26(43)41(59)60)27(51)13-12-15-31(53)54/h3-4,6-10,14,24-29,34-36,40,51,56-57H,5,11-13,15-23,43H2,1-2H3,(H,45,52)(H,46,58)(H,53,54)(H,59,60)(H,64,65)(H,66,67)(H2,44,47,48)(H2,61,62,63). The minimum Gasteiger partial charge on any atom is -0.481 e. The highest BCUT2D eigenvalue weighted by atomic mass is 32.2. The van der Waals surface area contributed by atoms with Gasteiger partial charge in [0, 0.05) is 54.5 Å². The second-order valence-corrected chi connectivity index (χ2v) is 23.9. The third kappa shape index (κ3) is 24.7. The van der Waals surface area contributed by atoms with Crippen LogP contribution in [0.15, 0.2) is 61.3 Å². The van der Waals surface area contributed by atoms with Crippen LogP contribution >= 0.6 is 47.0 Å². The fourth-order valence-corrected chi connectivity index (χ4v) is 11.2. The number of carbonyl (C=O) groups excluding carboxylic acids is 3. The molecule has 0 saturated carbocycles. The molecular formula is C42H65N8O22P3S2. The summed E-state index contributed by atoms with van der Waals surface area (Å²) in [6.07, 6.45) is 7.95. The second-order valence-electron chi connectivity index (χ2n) is 17.3. The number of fused-ring (bicyclic) bond motifs is 1. The van der Waals surface area contributed by atoms with Gasteiger partial charge in [0.05, 0.1) is 25.6 Å². The molecule has 10 atom stereocenters. The number of thioether (sulfide) groups is 2. The lowest BCUT2D eigenvalue weighted by Gasteiger charge is -2.30. The highest BCUT2D eigenvalue weighted by Crippen LogP contribution is 2.61. The normalized spacial score (nSPS) is 20.6. The SMILES string of the molecule is CC(C)(COP(=O)(O)OP(=O)(O)OCC1OC(n2cnc3c(N)ncnc32)C(O)C1OP(=O)(O)O)C(O)C(=O)NCCC(=O)NCCSC(=O)CCC=CCC=CC=CC=CC(SCC(N)C(=O)O)C(O)CCCC(=O)O. The quantitative estimate of drug-likeness (QED) is 0.0197. The maximum absolute atomic E-state index is 12.8. The van der Waals surface area contributed by atoms with Crippen molar-refractivity contribution < 1.29 is 105 Å². The molecule has 0 radical (unpaired) electrons. The third-order valence-corrected chi connectivity index (χ3v) is 16.0. The van der Waals surface area contributed by atoms with Crippen molar-refractivity contribution in [2.45, 2.75) is 107 Å². The predicted molar refractivity (Wildman–Crippen MR) is 277 cm³/mol. The number of aliphatic carboxylic acids is 2. The first-order chi connectivity index (χ1) is 36.0. The number of carbonyl (C=O) groups is 5. The highest BCUT2D eigenvalue weighted by Gasteiger charge is 2.50. The molecule has 2 aromatic heterocycles. The summed E-state index contributed by atoms with van der Waals surface area (Å²) in [5.74, 6) is -3.36. The summed E-state index contributed by atoms with van der Waals surface area (Å²) in [5, 5.41) is 54.3. The third-order valence-electron chi connectivity index (χ3n) is 10.5. The van der Waals surface area contributed by atoms with Gasteiger partial charge in [-0.25, -0.2) is 28.6 Å². The molecule has 3 rings (SSSR count). The number of allylic oxidation sites excluding steroid dienone is 7. The monoisotopic (exact) mass is 1190 g/mol. The van der Waals surface area contributed by atoms with Crippen LogP contribution in [0.3, 0.4) is 0 Å². The van der Waals surface area contributed by atoms with E-state index in [2.05, 4.69) is 34.4 Å². The Kier molecular flexibility index (Phi) is 27.9. The number of imidazole rings is 1. The number of carboxylic acids is 2. The number of aliphatic hydroxyl groups is 3. The van der Waals surface area contributed by atoms with Crippen LogP contribution in [-0.4, -0.2) is 173 Å². The predicted octanol–water partition coefficient (Wildman–Crippen LogP) is 1.19. The van der Waals surface area contributed by atoms with Gasteiger partial charge < -0.3 is 71.9 Å². The first-order valence-corrected chi connectivity index (χ1v) is 29.8. The van der Waals surface area contributed by atoms with Gasteiger partial charge in [-0.3, -0.25) is 42.1 Å². The van der Waals surface area contributed by atoms with Crippen LogP contribution in [0.5, 0.6) is 0 Å². The molecule has 2 amide bonds. The van der Waals surface area contributed by atoms with Gasteiger partial charge in [-0.05, 0) is 25.7 Å². The molecule has 1 aliphatic rings. The van der Waals surface area contributed by atoms with E-state index in [0.29, 0.717) is 12.8 Å². The largest absolute Gasteiger partial charge is 0.481 e. The average molecular weight is 1190 g/mol. The Morgan fingerprint density at radius 2 is 1.62 bits per heavy atom. The van der Waals surface area contributed by atoms with E-state index < -0.39 is 114 Å². The molecule has 0 aromatic carbocycles. The fourth-order valence-electron chi connectivity index (χ4n) is 6.53. The van der Waals surface area contributed by atoms with Crippen LogP contribution in [0.1, 0.15) is 65.0 Å². The van der Waals surface area contributed by atoms with Gasteiger partial charge >= 0.3 is 35.4 Å². The van der Waals surface area contributed by atoms with Crippen molar-refractivity contribution in [1.82, 2.24) is 30.2 Å². The number of ether oxygens (including phenoxy) is 1. The highest BCUT2D eigenvalue weighted by molar-refractivity contribution is 8.13. The van der Waals surface area contributed by atoms with Crippen LogP contribution in [0.25, 0.3) is 11.2 Å². The van der Waals surface area contributed by atoms with E-state index in [1.54, 1.807) is 30.4 Å². The molecule has 0 spiro atoms. The number of nitrogens with two attached hydrogens (primary N) is 2. The summed E-state index contributed by atoms with van der Waals surface area (Å²) in [7, 11) is -16.5. The van der Waals surface area contributed by atoms with Crippen LogP contribution in [0.2, 0.25) is 0 Å². The number of hydrogen-bond acceptors (Lipinski definition) is 23. The number of aromatic nitrogens is 4. The fraction of sp³-hybridized carbons (Fsp3) is 0.571. The van der Waals surface area contributed by atoms with E-state index in [4.69, 9.17) is 35.5 Å². The van der Waals surface area contributed by atoms with Crippen molar-refractivity contribution in [1.29, 1.82) is 0 Å². The van der Waals surface area contributed by atoms with Crippen molar-refractivity contribution in [2.75, 3.05) is 43.5 Å². The average Bonchev–Trinajstić information content (AvgIpc) is 3.90. The molecule has 3 heterocycles. The van der Waals surface area contributed by atoms with Gasteiger partial charge in [-0.15, -0.1) is 11.8 Å². The zero-order valence-corrected chi connectivity index (χ0v) is 45.8. The smallest absolute Gasteiger partial charge is 0.481 e. The van der Waals surface area contributed by atoms with Gasteiger partial charge in [0.25, 0.3) is 0 Å². The van der Waals surface area contributed by atoms with Gasteiger partial charge in [0.2, 0.25) is 11.8 Å². The zero-order valence-electron chi connectivity index (χ0n) is 41.5. The molecule has 1 aliphatic heterocycles. The van der Waals surface area contributed by atoms with Crippen molar-refractivity contribution in [3.8, 4) is 0 Å². The summed E-state index contributed by atoms with van der Waals surface area (Å²) in [5.41, 5.74) is 9.78. The van der Waals surface area contributed by atoms with Gasteiger partial charge in [0.1, 0.15) is 42.3 Å². The Labute approximate surface area is 449 Å². The van der Waals surface area contributed by atoms with Crippen LogP contribution in [0, 0.1) is 5.41 Å². The molecule has 2 aromatic rings. The molecule has 77 heavy (non-hydrogen) atoms. The second kappa shape index (κ2) is 32.1. The van der Waals surface area contributed by atoms with Crippen LogP contribution in [-0.2, 0) is 60.3 Å². The van der Waals surface area contributed by atoms with E-state index >= 15 is 0 Å². The molecular weight excluding hydrogens is 1130 g/mol. The molecule has 10 unspecified atom stereocenters. The first-order valence-electron chi connectivity index (χ1n) is 23.2. The molecule has 30 nitrogen and oxygen atoms in total. The Morgan fingerprint density at radius 3 is 2.31 bits per heavy atom. The maximum atomic E-state index is 12.8. The van der Waals surface area contributed by atoms with Crippen LogP contribution in [0.4, 0.5) is 5.82 Å². The Bertz CT molecular complexity index is 2570. The Balaban J connectivity index is 1.32. The number of rotatable bonds is 36. The molecule has 1 fully saturated rings. The Morgan fingerprint density at radius 1 is 0.922 bits per heavy atom. The molecule has 0 aliphatic carbocycles. The summed E-state index contributed by atoms with van der Waals surface area (Å²) in [6, 6.07) is -1.11. The number of anilines is 1. The van der Waals surface area contributed by atoms with E-state index in [9.17, 15) is 72.6 Å². The van der Waals surface area contributed by atoms with E-state index in [0.717, 1.165) is 29.0 Å². The number of carboxylic acid groups (broad SMARTS) is 2. The minimum atomic E-state index is -5.61. The van der Waals surface area contributed by atoms with Gasteiger partial charge in [-0.1, -0.05) is 74.2 Å². The lowest BCUT2D eigenvalue weighted by molar-refractivity contribution is -0.138. The topological polar surface area (TPSA) is 484 Å². The molecule has 0 bridgehead atoms. The molecule has 35 heteroatoms. The van der Waals surface area contributed by atoms with E-state index in [1.165, 1.54) is 25.6 Å². The number of aliphatic hydroxyl groups excluding tert-OH is 3. The van der Waals surface area contributed by atoms with Crippen molar-refractivity contribution in [3.05, 3.63) is 61.3 Å². The lowest BCUT2D eigenvalue weighted by atomic mass is 9.87. The summed E-state index contributed by atoms with van der Waals surface area (Å²) >= 11 is 2.19. The van der Waals surface area contributed by atoms with Crippen molar-refractivity contribution >= 4 is 92.8 Å². The van der Waals surface area contributed by atoms with Crippen molar-refractivity contribution in [3.63, 3.8) is 0 Å². The number of phosphoric acid groups is 3. The maximum Gasteiger partial charge on any atom is 0.481 e. The number of phosphoric ester groups is 3. The number of nitrogens with one attached hydrogen (secondary N) is 2. The summed E-state index contributed by atoms with van der Waals surface area (Å²) < 4.78 is 62.4. The number of hydrogen-bond donors (Lipinski definition) is 13. The summed E-state index contributed by atoms with van der Waals surface area (Å²) in [4.78, 5) is 110. The molecule has 432 valence electrons. The number of amides is 2. The summed E-state index contributed by atoms with van der Waals surface area (Å²) in [6.45, 7) is 0.285. The zero-order chi connectivity index (χ0) is 57.6.